The van der Waals surface area contributed by atoms with E-state index < -0.39 is 6.69 Å². The van der Waals surface area contributed by atoms with Gasteiger partial charge in [-0.25, -0.2) is 0 Å². The van der Waals surface area contributed by atoms with Crippen molar-refractivity contribution >= 4 is 40.1 Å². The van der Waals surface area contributed by atoms with Gasteiger partial charge in [0, 0.05) is 0 Å². The second-order valence-electron chi connectivity index (χ2n) is 4.23. The molecule has 2 aromatic carbocycles. The summed E-state index contributed by atoms with van der Waals surface area (Å²) < 4.78 is 0. The first kappa shape index (κ1) is 13.4. The second kappa shape index (κ2) is 5.74. The largest absolute Gasteiger partial charge is 0.303 e. The highest BCUT2D eigenvalue weighted by Crippen LogP contribution is 2.18. The molecule has 0 amide bonds. The van der Waals surface area contributed by atoms with Gasteiger partial charge in [0.25, 0.3) is 0 Å². The van der Waals surface area contributed by atoms with Crippen LogP contribution in [-0.2, 0) is 0 Å². The molecule has 0 radical (unpaired) electrons. The Hall–Kier alpha value is -1.02. The SMILES string of the molecule is Cc1ccc([Si](Cl)(Cl)/C=C/c2ccccc2)cc1. The van der Waals surface area contributed by atoms with Crippen LogP contribution in [0.2, 0.25) is 0 Å². The zero-order valence-corrected chi connectivity index (χ0v) is 12.6. The van der Waals surface area contributed by atoms with Crippen LogP contribution >= 0.6 is 22.2 Å². The van der Waals surface area contributed by atoms with Crippen molar-refractivity contribution < 1.29 is 0 Å². The van der Waals surface area contributed by atoms with Crippen molar-refractivity contribution in [3.8, 4) is 0 Å². The Bertz CT molecular complexity index is 530. The lowest BCUT2D eigenvalue weighted by molar-refractivity contribution is 1.49. The van der Waals surface area contributed by atoms with Crippen LogP contribution < -0.4 is 5.19 Å². The van der Waals surface area contributed by atoms with E-state index in [1.54, 1.807) is 0 Å². The Morgan fingerprint density at radius 3 is 2.11 bits per heavy atom. The number of hydrogen-bond acceptors (Lipinski definition) is 0. The molecule has 0 saturated carbocycles. The van der Waals surface area contributed by atoms with Crippen LogP contribution in [0.3, 0.4) is 0 Å². The second-order valence-corrected chi connectivity index (χ2v) is 10.5. The van der Waals surface area contributed by atoms with E-state index in [2.05, 4.69) is 6.92 Å². The smallest absolute Gasteiger partial charge is 0.134 e. The molecule has 0 aliphatic heterocycles. The molecule has 2 aromatic rings. The molecule has 0 aliphatic carbocycles. The van der Waals surface area contributed by atoms with E-state index in [1.807, 2.05) is 66.4 Å². The van der Waals surface area contributed by atoms with Gasteiger partial charge in [0.15, 0.2) is 0 Å². The van der Waals surface area contributed by atoms with E-state index in [4.69, 9.17) is 22.2 Å². The maximum absolute atomic E-state index is 6.48. The van der Waals surface area contributed by atoms with Gasteiger partial charge in [-0.2, -0.15) is 0 Å². The number of benzene rings is 2. The van der Waals surface area contributed by atoms with E-state index >= 15 is 0 Å². The first-order valence-electron chi connectivity index (χ1n) is 5.77. The highest BCUT2D eigenvalue weighted by molar-refractivity contribution is 7.53. The van der Waals surface area contributed by atoms with Crippen LogP contribution in [0.5, 0.6) is 0 Å². The van der Waals surface area contributed by atoms with Crippen molar-refractivity contribution in [3.63, 3.8) is 0 Å². The lowest BCUT2D eigenvalue weighted by Crippen LogP contribution is -2.34. The summed E-state index contributed by atoms with van der Waals surface area (Å²) in [5, 5.41) is 1.02. The standard InChI is InChI=1S/C15H14Cl2Si/c1-13-7-9-15(10-8-13)18(16,17)12-11-14-5-3-2-4-6-14/h2-12H,1H3/b12-11+. The molecule has 0 unspecified atom stereocenters. The third-order valence-electron chi connectivity index (χ3n) is 2.72. The fourth-order valence-corrected chi connectivity index (χ4v) is 3.98. The molecule has 0 nitrogen and oxygen atoms in total. The molecule has 0 aromatic heterocycles. The summed E-state index contributed by atoms with van der Waals surface area (Å²) >= 11 is 13.0. The predicted octanol–water partition coefficient (Wildman–Crippen LogP) is 4.37. The van der Waals surface area contributed by atoms with Crippen molar-refractivity contribution in [1.29, 1.82) is 0 Å². The van der Waals surface area contributed by atoms with Crippen molar-refractivity contribution in [1.82, 2.24) is 0 Å². The molecule has 0 spiro atoms. The van der Waals surface area contributed by atoms with E-state index in [0.717, 1.165) is 10.8 Å². The molecular weight excluding hydrogens is 279 g/mol. The fraction of sp³-hybridized carbons (Fsp3) is 0.0667. The van der Waals surface area contributed by atoms with Gasteiger partial charge in [0.05, 0.1) is 0 Å². The molecule has 3 heteroatoms. The maximum Gasteiger partial charge on any atom is 0.303 e. The van der Waals surface area contributed by atoms with Gasteiger partial charge in [0.1, 0.15) is 0 Å². The number of halogens is 2. The van der Waals surface area contributed by atoms with E-state index in [1.165, 1.54) is 5.56 Å². The lowest BCUT2D eigenvalue weighted by Gasteiger charge is -2.12. The number of rotatable bonds is 3. The first-order chi connectivity index (χ1) is 8.58. The van der Waals surface area contributed by atoms with Crippen LogP contribution in [0.4, 0.5) is 0 Å². The Labute approximate surface area is 118 Å². The minimum Gasteiger partial charge on any atom is -0.134 e. The van der Waals surface area contributed by atoms with Crippen LogP contribution in [-0.4, -0.2) is 6.69 Å². The summed E-state index contributed by atoms with van der Waals surface area (Å²) in [6, 6.07) is 18.1. The molecule has 2 rings (SSSR count). The Morgan fingerprint density at radius 2 is 1.50 bits per heavy atom. The molecular formula is C15H14Cl2Si. The van der Waals surface area contributed by atoms with Crippen molar-refractivity contribution in [3.05, 3.63) is 71.4 Å². The van der Waals surface area contributed by atoms with Crippen molar-refractivity contribution in [2.75, 3.05) is 0 Å². The molecule has 0 bridgehead atoms. The molecule has 0 aliphatic rings. The van der Waals surface area contributed by atoms with Crippen LogP contribution in [0, 0.1) is 6.92 Å². The van der Waals surface area contributed by atoms with Gasteiger partial charge in [-0.1, -0.05) is 71.9 Å². The summed E-state index contributed by atoms with van der Waals surface area (Å²) in [5.74, 6) is 0. The summed E-state index contributed by atoms with van der Waals surface area (Å²) in [5.41, 5.74) is 4.27. The molecule has 0 N–H and O–H groups in total. The van der Waals surface area contributed by atoms with E-state index in [-0.39, 0.29) is 0 Å². The van der Waals surface area contributed by atoms with Crippen LogP contribution in [0.1, 0.15) is 11.1 Å². The summed E-state index contributed by atoms with van der Waals surface area (Å²) in [6.45, 7) is -0.470. The van der Waals surface area contributed by atoms with Gasteiger partial charge in [-0.05, 0) is 17.7 Å². The summed E-state index contributed by atoms with van der Waals surface area (Å²) in [6.07, 6.45) is 1.99. The summed E-state index contributed by atoms with van der Waals surface area (Å²) in [7, 11) is 0. The number of hydrogen-bond donors (Lipinski definition) is 0. The Balaban J connectivity index is 2.21. The molecule has 0 atom stereocenters. The van der Waals surface area contributed by atoms with E-state index in [0.29, 0.717) is 0 Å². The Kier molecular flexibility index (Phi) is 4.28. The predicted molar refractivity (Wildman–Crippen MR) is 83.7 cm³/mol. The first-order valence-corrected chi connectivity index (χ1v) is 9.87. The number of aryl methyl sites for hydroxylation is 1. The zero-order chi connectivity index (χ0) is 13.0. The van der Waals surface area contributed by atoms with Gasteiger partial charge in [-0.15, -0.1) is 22.2 Å². The third-order valence-corrected chi connectivity index (χ3v) is 6.47. The minimum absolute atomic E-state index is 1.02. The normalized spacial score (nSPS) is 11.9. The topological polar surface area (TPSA) is 0 Å². The molecule has 18 heavy (non-hydrogen) atoms. The Morgan fingerprint density at radius 1 is 0.889 bits per heavy atom. The minimum atomic E-state index is -2.52. The van der Waals surface area contributed by atoms with Crippen LogP contribution in [0.25, 0.3) is 6.08 Å². The van der Waals surface area contributed by atoms with Gasteiger partial charge >= 0.3 is 6.69 Å². The van der Waals surface area contributed by atoms with Crippen LogP contribution in [0.15, 0.2) is 60.3 Å². The highest BCUT2D eigenvalue weighted by Gasteiger charge is 2.27. The van der Waals surface area contributed by atoms with Gasteiger partial charge in [-0.3, -0.25) is 0 Å². The molecule has 0 fully saturated rings. The molecule has 0 saturated heterocycles. The average molecular weight is 293 g/mol. The highest BCUT2D eigenvalue weighted by atomic mass is 35.7. The van der Waals surface area contributed by atoms with E-state index in [9.17, 15) is 0 Å². The third kappa shape index (κ3) is 3.48. The van der Waals surface area contributed by atoms with Gasteiger partial charge in [0.2, 0.25) is 0 Å². The molecule has 0 heterocycles. The van der Waals surface area contributed by atoms with Gasteiger partial charge < -0.3 is 0 Å². The average Bonchev–Trinajstić information content (AvgIpc) is 2.38. The molecule has 92 valence electrons. The maximum atomic E-state index is 6.48. The van der Waals surface area contributed by atoms with Crippen molar-refractivity contribution in [2.24, 2.45) is 0 Å². The fourth-order valence-electron chi connectivity index (χ4n) is 1.64. The quantitative estimate of drug-likeness (QED) is 0.582. The van der Waals surface area contributed by atoms with Crippen molar-refractivity contribution in [2.45, 2.75) is 6.92 Å². The zero-order valence-electron chi connectivity index (χ0n) is 10.1. The summed E-state index contributed by atoms with van der Waals surface area (Å²) in [4.78, 5) is 0. The lowest BCUT2D eigenvalue weighted by atomic mass is 10.2. The monoisotopic (exact) mass is 292 g/mol.